The highest BCUT2D eigenvalue weighted by molar-refractivity contribution is 6.30. The van der Waals surface area contributed by atoms with Crippen molar-refractivity contribution in [3.8, 4) is 0 Å². The molecule has 5 heteroatoms. The first-order valence-corrected chi connectivity index (χ1v) is 8.97. The van der Waals surface area contributed by atoms with Gasteiger partial charge in [-0.3, -0.25) is 9.78 Å². The Bertz CT molecular complexity index is 791. The summed E-state index contributed by atoms with van der Waals surface area (Å²) in [4.78, 5) is 17.2. The highest BCUT2D eigenvalue weighted by Gasteiger charge is 2.44. The summed E-state index contributed by atoms with van der Waals surface area (Å²) >= 11 is 12.2. The summed E-state index contributed by atoms with van der Waals surface area (Å²) in [5, 5.41) is 4.41. The molecule has 3 rings (SSSR count). The molecule has 2 aromatic rings. The van der Waals surface area contributed by atoms with Crippen LogP contribution in [-0.2, 0) is 4.79 Å². The quantitative estimate of drug-likeness (QED) is 0.736. The molecule has 1 fully saturated rings. The number of allylic oxidation sites excluding steroid dienone is 1. The molecule has 1 aliphatic rings. The Kier molecular flexibility index (Phi) is 5.16. The largest absolute Gasteiger partial charge is 0.347 e. The number of carbonyl (C=O) groups excluding carboxylic acids is 1. The molecule has 0 saturated carbocycles. The van der Waals surface area contributed by atoms with E-state index in [9.17, 15) is 4.79 Å². The fourth-order valence-electron chi connectivity index (χ4n) is 3.51. The molecule has 0 radical (unpaired) electrons. The van der Waals surface area contributed by atoms with E-state index >= 15 is 0 Å². The number of aromatic nitrogens is 1. The SMILES string of the molecule is C=CC[C@@]1(C)C[C@H](c2cccc(Cl)c2)[C@@H](c2ccc(Cl)cn2)NC1=O. The van der Waals surface area contributed by atoms with Crippen LogP contribution < -0.4 is 5.32 Å². The maximum Gasteiger partial charge on any atom is 0.226 e. The van der Waals surface area contributed by atoms with E-state index in [-0.39, 0.29) is 17.9 Å². The molecule has 0 aliphatic carbocycles. The first-order chi connectivity index (χ1) is 11.9. The number of pyridine rings is 1. The van der Waals surface area contributed by atoms with Gasteiger partial charge in [-0.1, -0.05) is 48.3 Å². The number of hydrogen-bond donors (Lipinski definition) is 1. The normalized spacial score (nSPS) is 26.1. The van der Waals surface area contributed by atoms with E-state index in [2.05, 4.69) is 16.9 Å². The van der Waals surface area contributed by atoms with Gasteiger partial charge in [-0.15, -0.1) is 6.58 Å². The summed E-state index contributed by atoms with van der Waals surface area (Å²) < 4.78 is 0. The molecule has 1 saturated heterocycles. The predicted molar refractivity (Wildman–Crippen MR) is 102 cm³/mol. The van der Waals surface area contributed by atoms with Crippen LogP contribution in [0.3, 0.4) is 0 Å². The van der Waals surface area contributed by atoms with Crippen molar-refractivity contribution in [1.29, 1.82) is 0 Å². The zero-order valence-electron chi connectivity index (χ0n) is 14.0. The van der Waals surface area contributed by atoms with E-state index in [1.807, 2.05) is 37.3 Å². The highest BCUT2D eigenvalue weighted by Crippen LogP contribution is 2.46. The second-order valence-electron chi connectivity index (χ2n) is 6.77. The molecule has 0 unspecified atom stereocenters. The van der Waals surface area contributed by atoms with Gasteiger partial charge in [0.25, 0.3) is 0 Å². The lowest BCUT2D eigenvalue weighted by Gasteiger charge is -2.42. The number of halogens is 2. The number of carbonyl (C=O) groups is 1. The van der Waals surface area contributed by atoms with Crippen molar-refractivity contribution in [2.45, 2.75) is 31.7 Å². The van der Waals surface area contributed by atoms with Gasteiger partial charge in [0.2, 0.25) is 5.91 Å². The third kappa shape index (κ3) is 3.73. The van der Waals surface area contributed by atoms with Crippen molar-refractivity contribution in [2.24, 2.45) is 5.41 Å². The topological polar surface area (TPSA) is 42.0 Å². The second-order valence-corrected chi connectivity index (χ2v) is 7.64. The number of benzene rings is 1. The fraction of sp³-hybridized carbons (Fsp3) is 0.300. The first-order valence-electron chi connectivity index (χ1n) is 8.22. The Hall–Kier alpha value is -1.84. The van der Waals surface area contributed by atoms with Crippen LogP contribution in [0.4, 0.5) is 0 Å². The molecule has 1 aromatic heterocycles. The van der Waals surface area contributed by atoms with Crippen molar-refractivity contribution in [1.82, 2.24) is 10.3 Å². The lowest BCUT2D eigenvalue weighted by Crippen LogP contribution is -2.49. The molecule has 3 atom stereocenters. The first kappa shape index (κ1) is 18.0. The fourth-order valence-corrected chi connectivity index (χ4v) is 3.82. The van der Waals surface area contributed by atoms with Crippen LogP contribution in [0.2, 0.25) is 10.0 Å². The van der Waals surface area contributed by atoms with E-state index in [0.29, 0.717) is 22.9 Å². The number of hydrogen-bond acceptors (Lipinski definition) is 2. The average Bonchev–Trinajstić information content (AvgIpc) is 2.58. The van der Waals surface area contributed by atoms with Crippen molar-refractivity contribution in [3.05, 3.63) is 76.6 Å². The third-order valence-corrected chi connectivity index (χ3v) is 5.31. The van der Waals surface area contributed by atoms with Gasteiger partial charge in [-0.25, -0.2) is 0 Å². The van der Waals surface area contributed by atoms with Gasteiger partial charge in [0.15, 0.2) is 0 Å². The molecule has 130 valence electrons. The van der Waals surface area contributed by atoms with Crippen LogP contribution >= 0.6 is 23.2 Å². The lowest BCUT2D eigenvalue weighted by atomic mass is 9.69. The lowest BCUT2D eigenvalue weighted by molar-refractivity contribution is -0.134. The molecule has 0 spiro atoms. The van der Waals surface area contributed by atoms with Crippen molar-refractivity contribution in [3.63, 3.8) is 0 Å². The minimum Gasteiger partial charge on any atom is -0.347 e. The Morgan fingerprint density at radius 3 is 2.76 bits per heavy atom. The van der Waals surface area contributed by atoms with E-state index in [1.54, 1.807) is 18.3 Å². The second kappa shape index (κ2) is 7.19. The minimum absolute atomic E-state index is 0.0208. The molecule has 1 amide bonds. The van der Waals surface area contributed by atoms with Gasteiger partial charge < -0.3 is 5.32 Å². The minimum atomic E-state index is -0.502. The molecule has 1 aliphatic heterocycles. The van der Waals surface area contributed by atoms with Crippen LogP contribution in [0.15, 0.2) is 55.3 Å². The number of piperidine rings is 1. The summed E-state index contributed by atoms with van der Waals surface area (Å²) in [6.07, 6.45) is 4.72. The molecule has 1 aromatic carbocycles. The zero-order valence-corrected chi connectivity index (χ0v) is 15.5. The number of rotatable bonds is 4. The van der Waals surface area contributed by atoms with Crippen LogP contribution in [0.5, 0.6) is 0 Å². The molecule has 25 heavy (non-hydrogen) atoms. The summed E-state index contributed by atoms with van der Waals surface area (Å²) in [6, 6.07) is 11.2. The summed E-state index contributed by atoms with van der Waals surface area (Å²) in [5.74, 6) is 0.0856. The number of nitrogens with zero attached hydrogens (tertiary/aromatic N) is 1. The van der Waals surface area contributed by atoms with Gasteiger partial charge in [-0.05, 0) is 42.7 Å². The highest BCUT2D eigenvalue weighted by atomic mass is 35.5. The van der Waals surface area contributed by atoms with E-state index < -0.39 is 5.41 Å². The Balaban J connectivity index is 2.03. The maximum absolute atomic E-state index is 12.8. The molecule has 0 bridgehead atoms. The van der Waals surface area contributed by atoms with Gasteiger partial charge >= 0.3 is 0 Å². The molecular weight excluding hydrogens is 355 g/mol. The van der Waals surface area contributed by atoms with Gasteiger partial charge in [-0.2, -0.15) is 0 Å². The van der Waals surface area contributed by atoms with Crippen LogP contribution in [0.25, 0.3) is 0 Å². The van der Waals surface area contributed by atoms with E-state index in [0.717, 1.165) is 11.3 Å². The van der Waals surface area contributed by atoms with Crippen LogP contribution in [-0.4, -0.2) is 10.9 Å². The summed E-state index contributed by atoms with van der Waals surface area (Å²) in [7, 11) is 0. The van der Waals surface area contributed by atoms with Crippen molar-refractivity contribution >= 4 is 29.1 Å². The van der Waals surface area contributed by atoms with Crippen LogP contribution in [0, 0.1) is 5.41 Å². The van der Waals surface area contributed by atoms with Crippen molar-refractivity contribution < 1.29 is 4.79 Å². The van der Waals surface area contributed by atoms with Gasteiger partial charge in [0, 0.05) is 17.1 Å². The molecule has 3 nitrogen and oxygen atoms in total. The Morgan fingerprint density at radius 2 is 2.12 bits per heavy atom. The average molecular weight is 375 g/mol. The zero-order chi connectivity index (χ0) is 18.0. The van der Waals surface area contributed by atoms with Gasteiger partial charge in [0.05, 0.1) is 22.2 Å². The monoisotopic (exact) mass is 374 g/mol. The number of nitrogens with one attached hydrogen (secondary N) is 1. The van der Waals surface area contributed by atoms with E-state index in [4.69, 9.17) is 23.2 Å². The summed E-state index contributed by atoms with van der Waals surface area (Å²) in [6.45, 7) is 5.78. The Labute approximate surface area is 158 Å². The smallest absolute Gasteiger partial charge is 0.226 e. The summed E-state index contributed by atoms with van der Waals surface area (Å²) in [5.41, 5.74) is 1.38. The molecular formula is C20H20Cl2N2O. The third-order valence-electron chi connectivity index (χ3n) is 4.85. The molecule has 2 heterocycles. The van der Waals surface area contributed by atoms with Crippen molar-refractivity contribution in [2.75, 3.05) is 0 Å². The number of amides is 1. The Morgan fingerprint density at radius 1 is 1.32 bits per heavy atom. The standard InChI is InChI=1S/C20H20Cl2N2O/c1-3-9-20(2)11-16(13-5-4-6-14(21)10-13)18(24-19(20)25)17-8-7-15(22)12-23-17/h3-8,10,12,16,18H,1,9,11H2,2H3,(H,24,25)/t16-,18+,20+/m1/s1. The van der Waals surface area contributed by atoms with E-state index in [1.165, 1.54) is 0 Å². The maximum atomic E-state index is 12.8. The predicted octanol–water partition coefficient (Wildman–Crippen LogP) is 5.32. The molecule has 1 N–H and O–H groups in total. The van der Waals surface area contributed by atoms with Gasteiger partial charge in [0.1, 0.15) is 0 Å². The van der Waals surface area contributed by atoms with Crippen LogP contribution in [0.1, 0.15) is 43.0 Å².